The molecule has 5 nitrogen and oxygen atoms in total. The van der Waals surface area contributed by atoms with Gasteiger partial charge in [0.1, 0.15) is 11.6 Å². The van der Waals surface area contributed by atoms with Crippen LogP contribution in [0.2, 0.25) is 10.0 Å². The summed E-state index contributed by atoms with van der Waals surface area (Å²) in [5.41, 5.74) is -0.571. The van der Waals surface area contributed by atoms with Crippen molar-refractivity contribution < 1.29 is 4.79 Å². The minimum Gasteiger partial charge on any atom is -0.352 e. The maximum atomic E-state index is 11.6. The molecule has 1 rings (SSSR count). The highest BCUT2D eigenvalue weighted by atomic mass is 35.5. The summed E-state index contributed by atoms with van der Waals surface area (Å²) in [7, 11) is 0. The zero-order valence-corrected chi connectivity index (χ0v) is 11.0. The molecule has 0 fully saturated rings. The maximum absolute atomic E-state index is 11.6. The minimum absolute atomic E-state index is 0.0565. The van der Waals surface area contributed by atoms with Crippen molar-refractivity contribution in [2.75, 3.05) is 0 Å². The van der Waals surface area contributed by atoms with Crippen molar-refractivity contribution in [2.45, 2.75) is 32.9 Å². The quantitative estimate of drug-likeness (QED) is 0.907. The van der Waals surface area contributed by atoms with Gasteiger partial charge in [-0.05, 0) is 13.3 Å². The van der Waals surface area contributed by atoms with Crippen LogP contribution in [0.15, 0.2) is 11.0 Å². The Bertz CT molecular complexity index is 473. The molecule has 1 N–H and O–H groups in total. The molecule has 1 aromatic rings. The molecule has 94 valence electrons. The highest BCUT2D eigenvalue weighted by molar-refractivity contribution is 6.41. The number of hydrogen-bond donors (Lipinski definition) is 1. The third-order valence-electron chi connectivity index (χ3n) is 2.26. The number of halogens is 2. The molecule has 0 spiro atoms. The third-order valence-corrected chi connectivity index (χ3v) is 3.00. The van der Waals surface area contributed by atoms with Crippen LogP contribution in [0, 0.1) is 0 Å². The molecule has 0 saturated carbocycles. The smallest absolute Gasteiger partial charge is 0.287 e. The topological polar surface area (TPSA) is 64.0 Å². The Balaban J connectivity index is 2.80. The van der Waals surface area contributed by atoms with Gasteiger partial charge in [-0.25, -0.2) is 4.68 Å². The first kappa shape index (κ1) is 14.0. The van der Waals surface area contributed by atoms with E-state index in [1.807, 2.05) is 13.8 Å². The average Bonchev–Trinajstić information content (AvgIpc) is 2.29. The SMILES string of the molecule is CC[C@H](C)NC(=O)Cn1ncc(Cl)c(Cl)c1=O. The van der Waals surface area contributed by atoms with Gasteiger partial charge in [-0.3, -0.25) is 9.59 Å². The van der Waals surface area contributed by atoms with Gasteiger partial charge in [0.15, 0.2) is 0 Å². The highest BCUT2D eigenvalue weighted by Crippen LogP contribution is 2.14. The molecular weight excluding hydrogens is 265 g/mol. The number of hydrogen-bond acceptors (Lipinski definition) is 3. The van der Waals surface area contributed by atoms with Crippen molar-refractivity contribution >= 4 is 29.1 Å². The molecule has 0 aliphatic rings. The van der Waals surface area contributed by atoms with E-state index in [-0.39, 0.29) is 28.5 Å². The standard InChI is InChI=1S/C10H13Cl2N3O2/c1-3-6(2)14-8(16)5-15-10(17)9(12)7(11)4-13-15/h4,6H,3,5H2,1-2H3,(H,14,16)/t6-/m0/s1. The Morgan fingerprint density at radius 3 is 2.82 bits per heavy atom. The van der Waals surface area contributed by atoms with Crippen LogP contribution in [0.1, 0.15) is 20.3 Å². The summed E-state index contributed by atoms with van der Waals surface area (Å²) in [4.78, 5) is 23.1. The number of carbonyl (C=O) groups excluding carboxylic acids is 1. The fraction of sp³-hybridized carbons (Fsp3) is 0.500. The summed E-state index contributed by atoms with van der Waals surface area (Å²) in [6, 6.07) is 0.0565. The zero-order chi connectivity index (χ0) is 13.0. The Hall–Kier alpha value is -1.07. The number of aromatic nitrogens is 2. The first-order valence-corrected chi connectivity index (χ1v) is 5.91. The summed E-state index contributed by atoms with van der Waals surface area (Å²) in [5.74, 6) is -0.285. The molecule has 0 radical (unpaired) electrons. The van der Waals surface area contributed by atoms with Gasteiger partial charge in [0.25, 0.3) is 5.56 Å². The molecule has 1 amide bonds. The first-order chi connectivity index (χ1) is 7.95. The van der Waals surface area contributed by atoms with E-state index in [9.17, 15) is 9.59 Å². The Morgan fingerprint density at radius 1 is 1.59 bits per heavy atom. The molecule has 0 aliphatic carbocycles. The molecular formula is C10H13Cl2N3O2. The van der Waals surface area contributed by atoms with Gasteiger partial charge in [-0.15, -0.1) is 0 Å². The Kier molecular flexibility index (Phi) is 4.96. The monoisotopic (exact) mass is 277 g/mol. The fourth-order valence-corrected chi connectivity index (χ4v) is 1.39. The van der Waals surface area contributed by atoms with Gasteiger partial charge in [0.05, 0.1) is 11.2 Å². The van der Waals surface area contributed by atoms with Gasteiger partial charge >= 0.3 is 0 Å². The molecule has 0 aliphatic heterocycles. The second-order valence-electron chi connectivity index (χ2n) is 3.65. The maximum Gasteiger partial charge on any atom is 0.287 e. The van der Waals surface area contributed by atoms with E-state index in [1.165, 1.54) is 6.20 Å². The summed E-state index contributed by atoms with van der Waals surface area (Å²) >= 11 is 11.3. The lowest BCUT2D eigenvalue weighted by atomic mass is 10.2. The van der Waals surface area contributed by atoms with Crippen molar-refractivity contribution in [3.05, 3.63) is 26.6 Å². The van der Waals surface area contributed by atoms with E-state index in [4.69, 9.17) is 23.2 Å². The van der Waals surface area contributed by atoms with Crippen molar-refractivity contribution in [2.24, 2.45) is 0 Å². The predicted molar refractivity (Wildman–Crippen MR) is 66.4 cm³/mol. The fourth-order valence-electron chi connectivity index (χ4n) is 1.12. The van der Waals surface area contributed by atoms with Crippen LogP contribution in [0.5, 0.6) is 0 Å². The van der Waals surface area contributed by atoms with Crippen LogP contribution in [-0.2, 0) is 11.3 Å². The van der Waals surface area contributed by atoms with Crippen LogP contribution < -0.4 is 10.9 Å². The van der Waals surface area contributed by atoms with Crippen LogP contribution in [-0.4, -0.2) is 21.7 Å². The normalized spacial score (nSPS) is 12.2. The second kappa shape index (κ2) is 6.02. The largest absolute Gasteiger partial charge is 0.352 e. The molecule has 0 aromatic carbocycles. The van der Waals surface area contributed by atoms with Gasteiger partial charge in [0, 0.05) is 6.04 Å². The number of rotatable bonds is 4. The minimum atomic E-state index is -0.571. The molecule has 7 heteroatoms. The predicted octanol–water partition coefficient (Wildman–Crippen LogP) is 1.46. The van der Waals surface area contributed by atoms with E-state index in [0.29, 0.717) is 0 Å². The highest BCUT2D eigenvalue weighted by Gasteiger charge is 2.11. The van der Waals surface area contributed by atoms with Crippen molar-refractivity contribution in [1.82, 2.24) is 15.1 Å². The summed E-state index contributed by atoms with van der Waals surface area (Å²) in [6.45, 7) is 3.66. The lowest BCUT2D eigenvalue weighted by Gasteiger charge is -2.11. The summed E-state index contributed by atoms with van der Waals surface area (Å²) < 4.78 is 0.978. The van der Waals surface area contributed by atoms with Gasteiger partial charge in [0.2, 0.25) is 5.91 Å². The number of nitrogens with one attached hydrogen (secondary N) is 1. The van der Waals surface area contributed by atoms with Crippen LogP contribution in [0.3, 0.4) is 0 Å². The molecule has 1 atom stereocenters. The zero-order valence-electron chi connectivity index (χ0n) is 9.54. The number of nitrogens with zero attached hydrogens (tertiary/aromatic N) is 2. The Morgan fingerprint density at radius 2 is 2.24 bits per heavy atom. The van der Waals surface area contributed by atoms with Crippen LogP contribution in [0.4, 0.5) is 0 Å². The third kappa shape index (κ3) is 3.71. The average molecular weight is 278 g/mol. The van der Waals surface area contributed by atoms with Gasteiger partial charge < -0.3 is 5.32 Å². The summed E-state index contributed by atoms with van der Waals surface area (Å²) in [6.07, 6.45) is 2.05. The van der Waals surface area contributed by atoms with Gasteiger partial charge in [-0.2, -0.15) is 5.10 Å². The van der Waals surface area contributed by atoms with E-state index in [2.05, 4.69) is 10.4 Å². The van der Waals surface area contributed by atoms with Crippen LogP contribution in [0.25, 0.3) is 0 Å². The van der Waals surface area contributed by atoms with Crippen molar-refractivity contribution in [3.8, 4) is 0 Å². The molecule has 1 aromatic heterocycles. The van der Waals surface area contributed by atoms with E-state index in [0.717, 1.165) is 11.1 Å². The van der Waals surface area contributed by atoms with Gasteiger partial charge in [-0.1, -0.05) is 30.1 Å². The second-order valence-corrected chi connectivity index (χ2v) is 4.43. The molecule has 0 unspecified atom stereocenters. The Labute approximate surface area is 109 Å². The molecule has 0 bridgehead atoms. The van der Waals surface area contributed by atoms with E-state index in [1.54, 1.807) is 0 Å². The molecule has 0 saturated heterocycles. The van der Waals surface area contributed by atoms with Crippen molar-refractivity contribution in [1.29, 1.82) is 0 Å². The first-order valence-electron chi connectivity index (χ1n) is 5.16. The lowest BCUT2D eigenvalue weighted by molar-refractivity contribution is -0.122. The molecule has 1 heterocycles. The van der Waals surface area contributed by atoms with E-state index >= 15 is 0 Å². The van der Waals surface area contributed by atoms with E-state index < -0.39 is 5.56 Å². The van der Waals surface area contributed by atoms with Crippen molar-refractivity contribution in [3.63, 3.8) is 0 Å². The number of amides is 1. The lowest BCUT2D eigenvalue weighted by Crippen LogP contribution is -2.38. The summed E-state index contributed by atoms with van der Waals surface area (Å²) in [5, 5.41) is 6.42. The molecule has 17 heavy (non-hydrogen) atoms. The van der Waals surface area contributed by atoms with Crippen LogP contribution >= 0.6 is 23.2 Å². The number of carbonyl (C=O) groups is 1.